The highest BCUT2D eigenvalue weighted by Crippen LogP contribution is 2.19. The minimum absolute atomic E-state index is 0.191. The highest BCUT2D eigenvalue weighted by atomic mass is 16.5. The Labute approximate surface area is 129 Å². The number of aliphatic hydroxyl groups is 1. The number of carbonyl (C=O) groups excluding carboxylic acids is 1. The lowest BCUT2D eigenvalue weighted by atomic mass is 10.1. The number of rotatable bonds is 7. The van der Waals surface area contributed by atoms with E-state index in [1.807, 2.05) is 19.9 Å². The number of furan rings is 1. The minimum atomic E-state index is -0.736. The predicted octanol–water partition coefficient (Wildman–Crippen LogP) is 2.92. The van der Waals surface area contributed by atoms with Crippen molar-refractivity contribution in [1.29, 1.82) is 0 Å². The van der Waals surface area contributed by atoms with Crippen LogP contribution >= 0.6 is 0 Å². The molecular formula is C17H21NO4. The molecule has 0 spiro atoms. The summed E-state index contributed by atoms with van der Waals surface area (Å²) in [7, 11) is 0. The van der Waals surface area contributed by atoms with E-state index < -0.39 is 6.10 Å². The van der Waals surface area contributed by atoms with Crippen LogP contribution in [0, 0.1) is 0 Å². The largest absolute Gasteiger partial charge is 0.494 e. The average molecular weight is 303 g/mol. The Morgan fingerprint density at radius 1 is 1.36 bits per heavy atom. The van der Waals surface area contributed by atoms with Gasteiger partial charge in [-0.15, -0.1) is 0 Å². The third kappa shape index (κ3) is 4.36. The van der Waals surface area contributed by atoms with Crippen molar-refractivity contribution < 1.29 is 19.1 Å². The Bertz CT molecular complexity index is 594. The second-order valence-electron chi connectivity index (χ2n) is 5.10. The lowest BCUT2D eigenvalue weighted by Crippen LogP contribution is -2.33. The molecule has 0 fully saturated rings. The Balaban J connectivity index is 1.92. The van der Waals surface area contributed by atoms with Crippen LogP contribution in [-0.2, 0) is 0 Å². The van der Waals surface area contributed by atoms with Crippen molar-refractivity contribution in [1.82, 2.24) is 5.32 Å². The van der Waals surface area contributed by atoms with Gasteiger partial charge >= 0.3 is 0 Å². The molecule has 1 aromatic carbocycles. The first-order chi connectivity index (χ1) is 10.6. The molecule has 0 aliphatic heterocycles. The molecule has 0 aliphatic carbocycles. The Morgan fingerprint density at radius 3 is 2.86 bits per heavy atom. The van der Waals surface area contributed by atoms with E-state index in [0.717, 1.165) is 0 Å². The second kappa shape index (κ2) is 7.66. The summed E-state index contributed by atoms with van der Waals surface area (Å²) in [5.41, 5.74) is 0.533. The number of hydrogen-bond acceptors (Lipinski definition) is 4. The summed E-state index contributed by atoms with van der Waals surface area (Å²) in [6.07, 6.45) is 1.16. The fraction of sp³-hybridized carbons (Fsp3) is 0.353. The molecule has 2 rings (SSSR count). The van der Waals surface area contributed by atoms with E-state index >= 15 is 0 Å². The van der Waals surface area contributed by atoms with Crippen LogP contribution in [0.1, 0.15) is 42.5 Å². The van der Waals surface area contributed by atoms with Crippen LogP contribution in [-0.4, -0.2) is 23.7 Å². The molecule has 118 valence electrons. The summed E-state index contributed by atoms with van der Waals surface area (Å²) >= 11 is 0. The summed E-state index contributed by atoms with van der Waals surface area (Å²) in [6.45, 7) is 4.29. The molecule has 22 heavy (non-hydrogen) atoms. The Hall–Kier alpha value is -2.27. The maximum absolute atomic E-state index is 12.2. The first-order valence-electron chi connectivity index (χ1n) is 7.35. The third-order valence-electron chi connectivity index (χ3n) is 3.23. The predicted molar refractivity (Wildman–Crippen MR) is 82.8 cm³/mol. The summed E-state index contributed by atoms with van der Waals surface area (Å²) in [5.74, 6) is 0.971. The van der Waals surface area contributed by atoms with Crippen molar-refractivity contribution in [2.45, 2.75) is 32.4 Å². The quantitative estimate of drug-likeness (QED) is 0.825. The molecule has 5 nitrogen and oxygen atoms in total. The van der Waals surface area contributed by atoms with Gasteiger partial charge in [0.2, 0.25) is 0 Å². The molecule has 0 aliphatic rings. The number of hydrogen-bond donors (Lipinski definition) is 2. The monoisotopic (exact) mass is 303 g/mol. The molecule has 0 radical (unpaired) electrons. The molecule has 1 amide bonds. The van der Waals surface area contributed by atoms with E-state index in [1.54, 1.807) is 30.3 Å². The zero-order valence-electron chi connectivity index (χ0n) is 12.8. The molecule has 2 unspecified atom stereocenters. The summed E-state index contributed by atoms with van der Waals surface area (Å²) in [4.78, 5) is 12.2. The molecule has 0 saturated heterocycles. The van der Waals surface area contributed by atoms with Gasteiger partial charge in [0.1, 0.15) is 17.6 Å². The van der Waals surface area contributed by atoms with Crippen LogP contribution in [0.5, 0.6) is 5.75 Å². The van der Waals surface area contributed by atoms with Gasteiger partial charge in [-0.3, -0.25) is 4.79 Å². The molecule has 2 aromatic rings. The van der Waals surface area contributed by atoms with Crippen molar-refractivity contribution in [3.8, 4) is 5.75 Å². The van der Waals surface area contributed by atoms with E-state index in [0.29, 0.717) is 30.1 Å². The van der Waals surface area contributed by atoms with Crippen molar-refractivity contribution in [2.75, 3.05) is 6.61 Å². The maximum atomic E-state index is 12.2. The first-order valence-corrected chi connectivity index (χ1v) is 7.35. The zero-order valence-corrected chi connectivity index (χ0v) is 12.8. The molecule has 1 aromatic heterocycles. The Kier molecular flexibility index (Phi) is 5.61. The number of nitrogens with one attached hydrogen (secondary N) is 1. The smallest absolute Gasteiger partial charge is 0.251 e. The van der Waals surface area contributed by atoms with Crippen molar-refractivity contribution in [2.24, 2.45) is 0 Å². The lowest BCUT2D eigenvalue weighted by Gasteiger charge is -2.17. The molecule has 2 atom stereocenters. The number of benzene rings is 1. The van der Waals surface area contributed by atoms with Crippen LogP contribution in [0.2, 0.25) is 0 Å². The van der Waals surface area contributed by atoms with Gasteiger partial charge in [-0.25, -0.2) is 0 Å². The Morgan fingerprint density at radius 2 is 2.18 bits per heavy atom. The van der Waals surface area contributed by atoms with E-state index in [1.165, 1.54) is 6.26 Å². The summed E-state index contributed by atoms with van der Waals surface area (Å²) in [5, 5.41) is 12.9. The van der Waals surface area contributed by atoms with E-state index in [2.05, 4.69) is 5.32 Å². The fourth-order valence-electron chi connectivity index (χ4n) is 2.19. The van der Waals surface area contributed by atoms with Gasteiger partial charge in [-0.2, -0.15) is 0 Å². The van der Waals surface area contributed by atoms with Gasteiger partial charge in [0.15, 0.2) is 0 Å². The van der Waals surface area contributed by atoms with Gasteiger partial charge in [0.25, 0.3) is 5.91 Å². The van der Waals surface area contributed by atoms with Crippen LogP contribution in [0.25, 0.3) is 0 Å². The standard InChI is InChI=1S/C17H21NO4/c1-3-21-14-7-4-6-13(11-14)17(20)18-12(2)10-15(19)16-8-5-9-22-16/h4-9,11-12,15,19H,3,10H2,1-2H3,(H,18,20). The SMILES string of the molecule is CCOc1cccc(C(=O)NC(C)CC(O)c2ccco2)c1. The number of amides is 1. The number of carbonyl (C=O) groups is 1. The van der Waals surface area contributed by atoms with Crippen LogP contribution in [0.3, 0.4) is 0 Å². The molecule has 2 N–H and O–H groups in total. The van der Waals surface area contributed by atoms with E-state index in [9.17, 15) is 9.90 Å². The molecule has 1 heterocycles. The van der Waals surface area contributed by atoms with Gasteiger partial charge < -0.3 is 19.6 Å². The topological polar surface area (TPSA) is 71.7 Å². The highest BCUT2D eigenvalue weighted by molar-refractivity contribution is 5.94. The van der Waals surface area contributed by atoms with Crippen molar-refractivity contribution >= 4 is 5.91 Å². The summed E-state index contributed by atoms with van der Waals surface area (Å²) in [6, 6.07) is 10.3. The van der Waals surface area contributed by atoms with E-state index in [-0.39, 0.29) is 11.9 Å². The molecule has 0 bridgehead atoms. The molecular weight excluding hydrogens is 282 g/mol. The van der Waals surface area contributed by atoms with Gasteiger partial charge in [0.05, 0.1) is 12.9 Å². The zero-order chi connectivity index (χ0) is 15.9. The fourth-order valence-corrected chi connectivity index (χ4v) is 2.19. The maximum Gasteiger partial charge on any atom is 0.251 e. The first kappa shape index (κ1) is 16.1. The average Bonchev–Trinajstić information content (AvgIpc) is 3.02. The van der Waals surface area contributed by atoms with Crippen molar-refractivity contribution in [3.63, 3.8) is 0 Å². The normalized spacial score (nSPS) is 13.4. The second-order valence-corrected chi connectivity index (χ2v) is 5.10. The lowest BCUT2D eigenvalue weighted by molar-refractivity contribution is 0.0902. The highest BCUT2D eigenvalue weighted by Gasteiger charge is 2.17. The minimum Gasteiger partial charge on any atom is -0.494 e. The molecule has 5 heteroatoms. The molecule has 0 saturated carbocycles. The number of ether oxygens (including phenoxy) is 1. The van der Waals surface area contributed by atoms with Crippen LogP contribution in [0.15, 0.2) is 47.1 Å². The van der Waals surface area contributed by atoms with Crippen LogP contribution in [0.4, 0.5) is 0 Å². The van der Waals surface area contributed by atoms with Gasteiger partial charge in [-0.1, -0.05) is 6.07 Å². The van der Waals surface area contributed by atoms with E-state index in [4.69, 9.17) is 9.15 Å². The third-order valence-corrected chi connectivity index (χ3v) is 3.23. The number of aliphatic hydroxyl groups excluding tert-OH is 1. The van der Waals surface area contributed by atoms with Crippen LogP contribution < -0.4 is 10.1 Å². The van der Waals surface area contributed by atoms with Crippen molar-refractivity contribution in [3.05, 3.63) is 54.0 Å². The summed E-state index contributed by atoms with van der Waals surface area (Å²) < 4.78 is 10.5. The van der Waals surface area contributed by atoms with Gasteiger partial charge in [-0.05, 0) is 44.2 Å². The van der Waals surface area contributed by atoms with Gasteiger partial charge in [0, 0.05) is 18.0 Å².